The SMILES string of the molecule is CCC(CC)N(C)C(=O)c1cc(NN)nc2ccccc12. The second kappa shape index (κ2) is 6.54. The summed E-state index contributed by atoms with van der Waals surface area (Å²) in [6.45, 7) is 4.19. The molecule has 0 fully saturated rings. The van der Waals surface area contributed by atoms with E-state index in [-0.39, 0.29) is 11.9 Å². The number of rotatable bonds is 5. The third kappa shape index (κ3) is 2.97. The van der Waals surface area contributed by atoms with Crippen LogP contribution in [0.3, 0.4) is 0 Å². The molecule has 5 nitrogen and oxygen atoms in total. The zero-order valence-corrected chi connectivity index (χ0v) is 12.8. The van der Waals surface area contributed by atoms with Crippen LogP contribution in [0.25, 0.3) is 10.9 Å². The summed E-state index contributed by atoms with van der Waals surface area (Å²) in [6.07, 6.45) is 1.87. The number of hydrogen-bond donors (Lipinski definition) is 2. The Hall–Kier alpha value is -2.14. The first-order chi connectivity index (χ1) is 10.1. The van der Waals surface area contributed by atoms with Gasteiger partial charge in [0, 0.05) is 18.5 Å². The van der Waals surface area contributed by atoms with E-state index in [1.54, 1.807) is 6.07 Å². The van der Waals surface area contributed by atoms with Gasteiger partial charge in [-0.2, -0.15) is 0 Å². The molecule has 0 unspecified atom stereocenters. The molecular formula is C16H22N4O. The van der Waals surface area contributed by atoms with Gasteiger partial charge in [-0.3, -0.25) is 4.79 Å². The number of benzene rings is 1. The second-order valence-corrected chi connectivity index (χ2v) is 5.10. The quantitative estimate of drug-likeness (QED) is 0.655. The molecule has 3 N–H and O–H groups in total. The Bertz CT molecular complexity index is 637. The van der Waals surface area contributed by atoms with Crippen LogP contribution >= 0.6 is 0 Å². The van der Waals surface area contributed by atoms with E-state index in [1.165, 1.54) is 0 Å². The number of nitrogens with two attached hydrogens (primary N) is 1. The van der Waals surface area contributed by atoms with E-state index in [9.17, 15) is 4.79 Å². The van der Waals surface area contributed by atoms with Gasteiger partial charge in [-0.15, -0.1) is 0 Å². The minimum atomic E-state index is -0.00111. The number of amides is 1. The van der Waals surface area contributed by atoms with Crippen molar-refractivity contribution in [2.75, 3.05) is 12.5 Å². The van der Waals surface area contributed by atoms with E-state index >= 15 is 0 Å². The molecule has 0 saturated carbocycles. The average molecular weight is 286 g/mol. The van der Waals surface area contributed by atoms with Crippen molar-refractivity contribution in [3.63, 3.8) is 0 Å². The molecule has 2 rings (SSSR count). The smallest absolute Gasteiger partial charge is 0.254 e. The Kier molecular flexibility index (Phi) is 4.75. The van der Waals surface area contributed by atoms with E-state index < -0.39 is 0 Å². The second-order valence-electron chi connectivity index (χ2n) is 5.10. The highest BCUT2D eigenvalue weighted by Crippen LogP contribution is 2.23. The molecule has 0 aliphatic carbocycles. The number of hydrogen-bond acceptors (Lipinski definition) is 4. The summed E-state index contributed by atoms with van der Waals surface area (Å²) < 4.78 is 0. The van der Waals surface area contributed by atoms with Gasteiger partial charge in [0.05, 0.1) is 11.1 Å². The maximum absolute atomic E-state index is 12.8. The zero-order chi connectivity index (χ0) is 15.4. The minimum Gasteiger partial charge on any atom is -0.339 e. The van der Waals surface area contributed by atoms with E-state index in [0.29, 0.717) is 11.4 Å². The molecule has 0 saturated heterocycles. The molecule has 1 heterocycles. The first kappa shape index (κ1) is 15.3. The van der Waals surface area contributed by atoms with Gasteiger partial charge in [0.25, 0.3) is 5.91 Å². The minimum absolute atomic E-state index is 0.00111. The Balaban J connectivity index is 2.51. The van der Waals surface area contributed by atoms with Gasteiger partial charge in [-0.25, -0.2) is 10.8 Å². The predicted molar refractivity (Wildman–Crippen MR) is 86.0 cm³/mol. The van der Waals surface area contributed by atoms with Crippen molar-refractivity contribution in [1.82, 2.24) is 9.88 Å². The molecule has 1 aromatic carbocycles. The molecule has 0 atom stereocenters. The number of nitrogens with zero attached hydrogens (tertiary/aromatic N) is 2. The summed E-state index contributed by atoms with van der Waals surface area (Å²) in [4.78, 5) is 19.0. The van der Waals surface area contributed by atoms with Crippen LogP contribution in [0.1, 0.15) is 37.0 Å². The van der Waals surface area contributed by atoms with Crippen molar-refractivity contribution in [2.45, 2.75) is 32.7 Å². The summed E-state index contributed by atoms with van der Waals surface area (Å²) in [7, 11) is 1.85. The summed E-state index contributed by atoms with van der Waals surface area (Å²) in [5, 5.41) is 0.847. The Morgan fingerprint density at radius 2 is 2.00 bits per heavy atom. The van der Waals surface area contributed by atoms with Crippen molar-refractivity contribution >= 4 is 22.6 Å². The third-order valence-electron chi connectivity index (χ3n) is 3.91. The maximum atomic E-state index is 12.8. The molecule has 112 valence electrons. The predicted octanol–water partition coefficient (Wildman–Crippen LogP) is 2.78. The molecule has 0 bridgehead atoms. The Morgan fingerprint density at radius 3 is 2.62 bits per heavy atom. The lowest BCUT2D eigenvalue weighted by Gasteiger charge is -2.27. The number of pyridine rings is 1. The lowest BCUT2D eigenvalue weighted by atomic mass is 10.1. The fourth-order valence-electron chi connectivity index (χ4n) is 2.62. The number of carbonyl (C=O) groups excluding carboxylic acids is 1. The molecule has 1 amide bonds. The van der Waals surface area contributed by atoms with Gasteiger partial charge >= 0.3 is 0 Å². The highest BCUT2D eigenvalue weighted by Gasteiger charge is 2.21. The fraction of sp³-hybridized carbons (Fsp3) is 0.375. The number of aromatic nitrogens is 1. The molecule has 0 aliphatic rings. The molecular weight excluding hydrogens is 264 g/mol. The van der Waals surface area contributed by atoms with Crippen molar-refractivity contribution in [3.05, 3.63) is 35.9 Å². The molecule has 5 heteroatoms. The lowest BCUT2D eigenvalue weighted by molar-refractivity contribution is 0.0725. The van der Waals surface area contributed by atoms with Crippen LogP contribution in [-0.2, 0) is 0 Å². The van der Waals surface area contributed by atoms with Crippen molar-refractivity contribution in [3.8, 4) is 0 Å². The van der Waals surface area contributed by atoms with Crippen LogP contribution in [0.4, 0.5) is 5.82 Å². The van der Waals surface area contributed by atoms with Crippen LogP contribution < -0.4 is 11.3 Å². The topological polar surface area (TPSA) is 71.2 Å². The van der Waals surface area contributed by atoms with Crippen LogP contribution in [0.2, 0.25) is 0 Å². The van der Waals surface area contributed by atoms with E-state index in [2.05, 4.69) is 24.3 Å². The fourth-order valence-corrected chi connectivity index (χ4v) is 2.62. The van der Waals surface area contributed by atoms with Crippen LogP contribution in [0.5, 0.6) is 0 Å². The van der Waals surface area contributed by atoms with Crippen molar-refractivity contribution < 1.29 is 4.79 Å². The van der Waals surface area contributed by atoms with Gasteiger partial charge in [0.2, 0.25) is 0 Å². The first-order valence-electron chi connectivity index (χ1n) is 7.25. The van der Waals surface area contributed by atoms with Gasteiger partial charge in [-0.05, 0) is 25.0 Å². The van der Waals surface area contributed by atoms with Crippen molar-refractivity contribution in [2.24, 2.45) is 5.84 Å². The van der Waals surface area contributed by atoms with Gasteiger partial charge in [0.15, 0.2) is 0 Å². The zero-order valence-electron chi connectivity index (χ0n) is 12.8. The van der Waals surface area contributed by atoms with E-state index in [1.807, 2.05) is 36.2 Å². The summed E-state index contributed by atoms with van der Waals surface area (Å²) in [5.74, 6) is 5.95. The monoisotopic (exact) mass is 286 g/mol. The molecule has 1 aromatic heterocycles. The van der Waals surface area contributed by atoms with Gasteiger partial charge in [0.1, 0.15) is 5.82 Å². The maximum Gasteiger partial charge on any atom is 0.254 e. The summed E-state index contributed by atoms with van der Waals surface area (Å²) in [5.41, 5.74) is 3.91. The van der Waals surface area contributed by atoms with E-state index in [0.717, 1.165) is 23.7 Å². The van der Waals surface area contributed by atoms with Crippen LogP contribution in [-0.4, -0.2) is 28.9 Å². The molecule has 0 spiro atoms. The number of para-hydroxylation sites is 1. The third-order valence-corrected chi connectivity index (χ3v) is 3.91. The highest BCUT2D eigenvalue weighted by molar-refractivity contribution is 6.07. The van der Waals surface area contributed by atoms with Gasteiger partial charge < -0.3 is 10.3 Å². The number of nitrogen functional groups attached to an aromatic ring is 1. The largest absolute Gasteiger partial charge is 0.339 e. The van der Waals surface area contributed by atoms with Crippen molar-refractivity contribution in [1.29, 1.82) is 0 Å². The molecule has 21 heavy (non-hydrogen) atoms. The lowest BCUT2D eigenvalue weighted by Crippen LogP contribution is -2.36. The number of carbonyl (C=O) groups is 1. The highest BCUT2D eigenvalue weighted by atomic mass is 16.2. The number of nitrogens with one attached hydrogen (secondary N) is 1. The molecule has 2 aromatic rings. The molecule has 0 radical (unpaired) electrons. The molecule has 0 aliphatic heterocycles. The van der Waals surface area contributed by atoms with Crippen LogP contribution in [0, 0.1) is 0 Å². The number of hydrazine groups is 1. The number of anilines is 1. The standard InChI is InChI=1S/C16H22N4O/c1-4-11(5-2)20(3)16(21)13-10-15(19-17)18-14-9-7-6-8-12(13)14/h6-11H,4-5,17H2,1-3H3,(H,18,19). The van der Waals surface area contributed by atoms with Gasteiger partial charge in [-0.1, -0.05) is 32.0 Å². The van der Waals surface area contributed by atoms with E-state index in [4.69, 9.17) is 5.84 Å². The number of fused-ring (bicyclic) bond motifs is 1. The first-order valence-corrected chi connectivity index (χ1v) is 7.25. The van der Waals surface area contributed by atoms with Crippen LogP contribution in [0.15, 0.2) is 30.3 Å². The Morgan fingerprint density at radius 1 is 1.33 bits per heavy atom. The normalized spacial score (nSPS) is 10.9. The summed E-state index contributed by atoms with van der Waals surface area (Å²) in [6, 6.07) is 9.55. The Labute approximate surface area is 125 Å². The summed E-state index contributed by atoms with van der Waals surface area (Å²) >= 11 is 0. The average Bonchev–Trinajstić information content (AvgIpc) is 2.54.